The monoisotopic (exact) mass is 301 g/mol. The lowest BCUT2D eigenvalue weighted by atomic mass is 9.58. The van der Waals surface area contributed by atoms with E-state index in [1.165, 1.54) is 12.1 Å². The van der Waals surface area contributed by atoms with Crippen molar-refractivity contribution in [1.82, 2.24) is 0 Å². The lowest BCUT2D eigenvalue weighted by molar-refractivity contribution is -0.137. The van der Waals surface area contributed by atoms with Crippen molar-refractivity contribution in [3.63, 3.8) is 0 Å². The van der Waals surface area contributed by atoms with E-state index in [0.29, 0.717) is 5.56 Å². The number of benzene rings is 1. The minimum absolute atomic E-state index is 0.174. The van der Waals surface area contributed by atoms with Crippen LogP contribution in [0.15, 0.2) is 24.3 Å². The molecule has 0 aliphatic carbocycles. The molecule has 3 atom stereocenters. The fourth-order valence-electron chi connectivity index (χ4n) is 2.22. The van der Waals surface area contributed by atoms with E-state index in [1.807, 2.05) is 5.97 Å². The van der Waals surface area contributed by atoms with Gasteiger partial charge >= 0.3 is 12.2 Å². The van der Waals surface area contributed by atoms with Gasteiger partial charge in [-0.1, -0.05) is 19.1 Å². The molecule has 2 rings (SSSR count). The highest BCUT2D eigenvalue weighted by Crippen LogP contribution is 2.38. The lowest BCUT2D eigenvalue weighted by Gasteiger charge is -2.18. The highest BCUT2D eigenvalue weighted by molar-refractivity contribution is 8.11. The van der Waals surface area contributed by atoms with Crippen LogP contribution in [-0.4, -0.2) is 16.8 Å². The largest absolute Gasteiger partial charge is 0.416 e. The summed E-state index contributed by atoms with van der Waals surface area (Å²) in [6, 6.07) is 4.81. The first-order valence-corrected chi connectivity index (χ1v) is 7.09. The number of hydrogen-bond donors (Lipinski definition) is 0. The van der Waals surface area contributed by atoms with E-state index >= 15 is 0 Å². The van der Waals surface area contributed by atoms with Crippen molar-refractivity contribution in [3.05, 3.63) is 35.4 Å². The van der Waals surface area contributed by atoms with Gasteiger partial charge in [-0.25, -0.2) is 9.47 Å². The quantitative estimate of drug-likeness (QED) is 0.789. The molecule has 106 valence electrons. The van der Waals surface area contributed by atoms with Gasteiger partial charge in [0.25, 0.3) is 0 Å². The number of rotatable bonds is 2. The maximum absolute atomic E-state index is 12.5. The predicted octanol–water partition coefficient (Wildman–Crippen LogP) is 2.93. The molecule has 1 saturated heterocycles. The molecule has 0 bridgehead atoms. The Bertz CT molecular complexity index is 555. The van der Waals surface area contributed by atoms with Gasteiger partial charge in [0.15, 0.2) is 0 Å². The summed E-state index contributed by atoms with van der Waals surface area (Å²) in [6.45, 7) is 1.97. The first-order valence-electron chi connectivity index (χ1n) is 5.95. The highest BCUT2D eigenvalue weighted by Gasteiger charge is 2.44. The third-order valence-corrected chi connectivity index (χ3v) is 4.74. The van der Waals surface area contributed by atoms with Crippen molar-refractivity contribution < 1.29 is 21.6 Å². The molecule has 0 N–H and O–H groups in total. The molecule has 20 heavy (non-hydrogen) atoms. The summed E-state index contributed by atoms with van der Waals surface area (Å²) in [6.07, 6.45) is -4.37. The van der Waals surface area contributed by atoms with Crippen LogP contribution in [0, 0.1) is 11.2 Å². The van der Waals surface area contributed by atoms with Crippen molar-refractivity contribution in [1.29, 1.82) is 5.26 Å². The molecule has 0 saturated carbocycles. The minimum Gasteiger partial charge on any atom is -0.299 e. The Morgan fingerprint density at radius 2 is 2.05 bits per heavy atom. The van der Waals surface area contributed by atoms with Crippen LogP contribution in [-0.2, 0) is 21.3 Å². The van der Waals surface area contributed by atoms with Crippen molar-refractivity contribution in [2.75, 3.05) is 6.61 Å². The average Bonchev–Trinajstić information content (AvgIpc) is 2.78. The molecule has 3 nitrogen and oxygen atoms in total. The van der Waals surface area contributed by atoms with Gasteiger partial charge in [-0.3, -0.25) is 4.18 Å². The van der Waals surface area contributed by atoms with Crippen LogP contribution in [0.4, 0.5) is 13.2 Å². The van der Waals surface area contributed by atoms with Crippen molar-refractivity contribution >= 4 is 16.9 Å². The van der Waals surface area contributed by atoms with Crippen LogP contribution in [0.5, 0.6) is 0 Å². The van der Waals surface area contributed by atoms with Crippen LogP contribution in [0.25, 0.3) is 0 Å². The van der Waals surface area contributed by atoms with Crippen LogP contribution in [0.1, 0.15) is 24.0 Å². The molecule has 1 aliphatic rings. The lowest BCUT2D eigenvalue weighted by Crippen LogP contribution is -2.22. The number of nitriles is 1. The van der Waals surface area contributed by atoms with Gasteiger partial charge < -0.3 is 0 Å². The Morgan fingerprint density at radius 1 is 1.45 bits per heavy atom. The average molecular weight is 301 g/mol. The number of nitrogens with zero attached hydrogens (tertiary/aromatic N) is 1. The summed E-state index contributed by atoms with van der Waals surface area (Å²) in [7, 11) is -1.64. The van der Waals surface area contributed by atoms with Gasteiger partial charge in [0.1, 0.15) is 10.9 Å². The van der Waals surface area contributed by atoms with Gasteiger partial charge in [0, 0.05) is 5.97 Å². The van der Waals surface area contributed by atoms with E-state index in [4.69, 9.17) is 9.44 Å². The number of hydrogen-bond acceptors (Lipinski definition) is 3. The van der Waals surface area contributed by atoms with E-state index in [-0.39, 0.29) is 18.3 Å². The molecule has 0 aromatic heterocycles. The van der Waals surface area contributed by atoms with E-state index < -0.39 is 28.7 Å². The number of alkyl halides is 3. The normalized spacial score (nSPS) is 24.4. The molecule has 0 radical (unpaired) electrons. The van der Waals surface area contributed by atoms with E-state index in [9.17, 15) is 17.4 Å². The van der Waals surface area contributed by atoms with Crippen LogP contribution < -0.4 is 0 Å². The second-order valence-electron chi connectivity index (χ2n) is 4.67. The summed E-state index contributed by atoms with van der Waals surface area (Å²) in [4.78, 5) is 0. The highest BCUT2D eigenvalue weighted by atomic mass is 32.2. The Hall–Kier alpha value is -1.33. The smallest absolute Gasteiger partial charge is 0.299 e. The van der Waals surface area contributed by atoms with Crippen molar-refractivity contribution in [3.8, 4) is 5.97 Å². The van der Waals surface area contributed by atoms with Gasteiger partial charge in [-0.05, 0) is 29.4 Å². The van der Waals surface area contributed by atoms with Gasteiger partial charge in [0.05, 0.1) is 12.2 Å². The van der Waals surface area contributed by atoms with Crippen molar-refractivity contribution in [2.24, 2.45) is 0 Å². The topological polar surface area (TPSA) is 50.1 Å². The Balaban J connectivity index is 2.20. The minimum atomic E-state index is -4.37. The SMILES string of the molecule is C[C@@H](c1ccc(C(F)(F)F)cc1)C1COS(=O)B1C#N. The van der Waals surface area contributed by atoms with E-state index in [1.54, 1.807) is 6.92 Å². The third-order valence-electron chi connectivity index (χ3n) is 3.51. The second kappa shape index (κ2) is 5.58. The molecular formula is C12H11BF3NO2S. The fourth-order valence-corrected chi connectivity index (χ4v) is 3.34. The van der Waals surface area contributed by atoms with E-state index in [2.05, 4.69) is 0 Å². The fraction of sp³-hybridized carbons (Fsp3) is 0.417. The summed E-state index contributed by atoms with van der Waals surface area (Å²) in [5.74, 6) is 0.721. The summed E-state index contributed by atoms with van der Waals surface area (Å²) < 4.78 is 53.9. The van der Waals surface area contributed by atoms with Crippen LogP contribution in [0.2, 0.25) is 5.82 Å². The maximum Gasteiger partial charge on any atom is 0.416 e. The van der Waals surface area contributed by atoms with Gasteiger partial charge in [0.2, 0.25) is 0 Å². The zero-order chi connectivity index (χ0) is 14.9. The molecule has 1 heterocycles. The van der Waals surface area contributed by atoms with Gasteiger partial charge in [-0.2, -0.15) is 13.2 Å². The van der Waals surface area contributed by atoms with Crippen molar-refractivity contribution in [2.45, 2.75) is 24.8 Å². The number of halogens is 3. The summed E-state index contributed by atoms with van der Waals surface area (Å²) in [5, 5.41) is 8.98. The maximum atomic E-state index is 12.5. The molecular weight excluding hydrogens is 290 g/mol. The third kappa shape index (κ3) is 2.89. The molecule has 2 unspecified atom stereocenters. The Labute approximate surface area is 117 Å². The summed E-state index contributed by atoms with van der Waals surface area (Å²) in [5.41, 5.74) is -0.0396. The molecule has 1 aromatic rings. The summed E-state index contributed by atoms with van der Waals surface area (Å²) >= 11 is 0. The predicted molar refractivity (Wildman–Crippen MR) is 69.1 cm³/mol. The first-order chi connectivity index (χ1) is 9.34. The van der Waals surface area contributed by atoms with Crippen LogP contribution in [0.3, 0.4) is 0 Å². The first kappa shape index (κ1) is 15.1. The zero-order valence-corrected chi connectivity index (χ0v) is 11.4. The Morgan fingerprint density at radius 3 is 2.55 bits per heavy atom. The molecule has 1 aliphatic heterocycles. The zero-order valence-electron chi connectivity index (χ0n) is 10.6. The molecule has 1 aromatic carbocycles. The molecule has 0 amide bonds. The molecule has 1 fully saturated rings. The Kier molecular flexibility index (Phi) is 4.21. The standard InChI is InChI=1S/C12H11BF3NO2S/c1-8(11-6-19-20(18)13(11)7-17)9-2-4-10(5-3-9)12(14,15)16/h2-5,8,11H,6H2,1H3/t8-,11?,20?/m0/s1. The van der Waals surface area contributed by atoms with Gasteiger partial charge in [-0.15, -0.1) is 0 Å². The molecule has 0 spiro atoms. The second-order valence-corrected chi connectivity index (χ2v) is 5.93. The van der Waals surface area contributed by atoms with E-state index in [0.717, 1.165) is 12.1 Å². The van der Waals surface area contributed by atoms with Crippen LogP contribution >= 0.6 is 0 Å². The molecule has 8 heteroatoms.